The van der Waals surface area contributed by atoms with Gasteiger partial charge in [-0.15, -0.1) is 0 Å². The molecule has 18 heavy (non-hydrogen) atoms. The first-order valence-corrected chi connectivity index (χ1v) is 6.78. The van der Waals surface area contributed by atoms with E-state index in [1.54, 1.807) is 6.92 Å². The maximum Gasteiger partial charge on any atom is 0.320 e. The van der Waals surface area contributed by atoms with Gasteiger partial charge >= 0.3 is 5.97 Å². The largest absolute Gasteiger partial charge is 0.480 e. The first-order valence-electron chi connectivity index (χ1n) is 5.17. The summed E-state index contributed by atoms with van der Waals surface area (Å²) in [5, 5.41) is 8.53. The molecule has 1 atom stereocenters. The molecule has 0 saturated carbocycles. The number of hydrogen-bond donors (Lipinski definition) is 1. The number of carboxylic acids is 1. The molecule has 1 rings (SSSR count). The predicted molar refractivity (Wildman–Crippen MR) is 64.0 cm³/mol. The Labute approximate surface area is 105 Å². The van der Waals surface area contributed by atoms with E-state index < -0.39 is 33.6 Å². The maximum atomic E-state index is 12.7. The summed E-state index contributed by atoms with van der Waals surface area (Å²) in [5.74, 6) is -2.79. The van der Waals surface area contributed by atoms with Gasteiger partial charge in [0.15, 0.2) is 5.75 Å². The van der Waals surface area contributed by atoms with E-state index in [-0.39, 0.29) is 0 Å². The molecule has 0 radical (unpaired) electrons. The van der Waals surface area contributed by atoms with Gasteiger partial charge in [-0.05, 0) is 24.6 Å². The Morgan fingerprint density at radius 2 is 1.89 bits per heavy atom. The van der Waals surface area contributed by atoms with E-state index in [1.165, 1.54) is 31.3 Å². The molecular formula is C11H14FNO4S. The summed E-state index contributed by atoms with van der Waals surface area (Å²) < 4.78 is 37.1. The molecule has 0 amide bonds. The highest BCUT2D eigenvalue weighted by molar-refractivity contribution is 7.89. The molecule has 0 aromatic heterocycles. The van der Waals surface area contributed by atoms with Crippen LogP contribution in [0, 0.1) is 5.82 Å². The molecule has 7 heteroatoms. The normalized spacial score (nSPS) is 13.6. The Kier molecular flexibility index (Phi) is 4.42. The van der Waals surface area contributed by atoms with Crippen molar-refractivity contribution in [3.63, 3.8) is 0 Å². The van der Waals surface area contributed by atoms with Crippen molar-refractivity contribution in [2.24, 2.45) is 0 Å². The zero-order chi connectivity index (χ0) is 13.9. The van der Waals surface area contributed by atoms with Gasteiger partial charge in [-0.3, -0.25) is 4.79 Å². The van der Waals surface area contributed by atoms with E-state index in [9.17, 15) is 17.6 Å². The summed E-state index contributed by atoms with van der Waals surface area (Å²) in [4.78, 5) is 10.5. The third kappa shape index (κ3) is 3.51. The summed E-state index contributed by atoms with van der Waals surface area (Å²) in [6.07, 6.45) is 0. The Balaban J connectivity index is 2.93. The van der Waals surface area contributed by atoms with Crippen molar-refractivity contribution in [1.29, 1.82) is 0 Å². The lowest BCUT2D eigenvalue weighted by atomic mass is 10.1. The van der Waals surface area contributed by atoms with Crippen molar-refractivity contribution in [2.75, 3.05) is 12.8 Å². The van der Waals surface area contributed by atoms with Crippen molar-refractivity contribution in [3.05, 3.63) is 35.6 Å². The van der Waals surface area contributed by atoms with Gasteiger partial charge in [-0.2, -0.15) is 4.31 Å². The van der Waals surface area contributed by atoms with E-state index in [0.29, 0.717) is 5.56 Å². The standard InChI is InChI=1S/C11H14FNO4S/c1-8(9-3-5-10(12)6-4-9)13(2)18(16,17)7-11(14)15/h3-6,8H,7H2,1-2H3,(H,14,15). The van der Waals surface area contributed by atoms with Crippen molar-refractivity contribution < 1.29 is 22.7 Å². The zero-order valence-corrected chi connectivity index (χ0v) is 10.8. The topological polar surface area (TPSA) is 74.7 Å². The minimum atomic E-state index is -3.88. The molecule has 0 aliphatic rings. The molecule has 5 nitrogen and oxygen atoms in total. The fourth-order valence-corrected chi connectivity index (χ4v) is 2.57. The lowest BCUT2D eigenvalue weighted by molar-refractivity contribution is -0.134. The Morgan fingerprint density at radius 3 is 2.33 bits per heavy atom. The van der Waals surface area contributed by atoms with Crippen LogP contribution in [0.2, 0.25) is 0 Å². The molecule has 0 heterocycles. The molecule has 1 unspecified atom stereocenters. The number of aliphatic carboxylic acids is 1. The predicted octanol–water partition coefficient (Wildman–Crippen LogP) is 1.23. The average molecular weight is 275 g/mol. The fraction of sp³-hybridized carbons (Fsp3) is 0.364. The highest BCUT2D eigenvalue weighted by Gasteiger charge is 2.26. The van der Waals surface area contributed by atoms with Crippen LogP contribution in [-0.4, -0.2) is 36.6 Å². The average Bonchev–Trinajstić information content (AvgIpc) is 2.26. The second-order valence-corrected chi connectivity index (χ2v) is 5.92. The van der Waals surface area contributed by atoms with Crippen LogP contribution in [0.3, 0.4) is 0 Å². The molecular weight excluding hydrogens is 261 g/mol. The summed E-state index contributed by atoms with van der Waals surface area (Å²) in [5.41, 5.74) is 0.591. The SMILES string of the molecule is CC(c1ccc(F)cc1)N(C)S(=O)(=O)CC(=O)O. The smallest absolute Gasteiger partial charge is 0.320 e. The number of rotatable bonds is 5. The van der Waals surface area contributed by atoms with E-state index in [1.807, 2.05) is 0 Å². The monoisotopic (exact) mass is 275 g/mol. The van der Waals surface area contributed by atoms with E-state index in [2.05, 4.69) is 0 Å². The fourth-order valence-electron chi connectivity index (χ4n) is 1.45. The molecule has 1 N–H and O–H groups in total. The first-order chi connectivity index (χ1) is 8.24. The molecule has 0 spiro atoms. The molecule has 0 saturated heterocycles. The lowest BCUT2D eigenvalue weighted by Gasteiger charge is -2.23. The van der Waals surface area contributed by atoms with Gasteiger partial charge in [0.05, 0.1) is 0 Å². The highest BCUT2D eigenvalue weighted by atomic mass is 32.2. The van der Waals surface area contributed by atoms with Gasteiger partial charge in [0.1, 0.15) is 5.82 Å². The first kappa shape index (κ1) is 14.6. The van der Waals surface area contributed by atoms with E-state index in [4.69, 9.17) is 5.11 Å². The van der Waals surface area contributed by atoms with Gasteiger partial charge in [-0.1, -0.05) is 12.1 Å². The third-order valence-corrected chi connectivity index (χ3v) is 4.45. The zero-order valence-electron chi connectivity index (χ0n) is 10.00. The second-order valence-electron chi connectivity index (χ2n) is 3.89. The number of hydrogen-bond acceptors (Lipinski definition) is 3. The van der Waals surface area contributed by atoms with Crippen molar-refractivity contribution in [1.82, 2.24) is 4.31 Å². The molecule has 0 fully saturated rings. The lowest BCUT2D eigenvalue weighted by Crippen LogP contribution is -2.34. The van der Waals surface area contributed by atoms with Crippen molar-refractivity contribution in [2.45, 2.75) is 13.0 Å². The minimum absolute atomic E-state index is 0.415. The van der Waals surface area contributed by atoms with Gasteiger partial charge in [0.2, 0.25) is 10.0 Å². The van der Waals surface area contributed by atoms with Crippen LogP contribution >= 0.6 is 0 Å². The highest BCUT2D eigenvalue weighted by Crippen LogP contribution is 2.21. The summed E-state index contributed by atoms with van der Waals surface area (Å²) in [6.45, 7) is 1.60. The van der Waals surface area contributed by atoms with Crippen LogP contribution in [0.25, 0.3) is 0 Å². The van der Waals surface area contributed by atoms with Crippen molar-refractivity contribution in [3.8, 4) is 0 Å². The number of benzene rings is 1. The summed E-state index contributed by atoms with van der Waals surface area (Å²) in [7, 11) is -2.58. The van der Waals surface area contributed by atoms with Crippen molar-refractivity contribution >= 4 is 16.0 Å². The van der Waals surface area contributed by atoms with Crippen LogP contribution in [0.5, 0.6) is 0 Å². The van der Waals surface area contributed by atoms with Gasteiger partial charge in [-0.25, -0.2) is 12.8 Å². The number of carboxylic acid groups (broad SMARTS) is 1. The van der Waals surface area contributed by atoms with Crippen LogP contribution in [-0.2, 0) is 14.8 Å². The number of nitrogens with zero attached hydrogens (tertiary/aromatic N) is 1. The minimum Gasteiger partial charge on any atom is -0.480 e. The quantitative estimate of drug-likeness (QED) is 0.877. The van der Waals surface area contributed by atoms with Crippen LogP contribution in [0.15, 0.2) is 24.3 Å². The van der Waals surface area contributed by atoms with Gasteiger partial charge in [0.25, 0.3) is 0 Å². The number of halogens is 1. The van der Waals surface area contributed by atoms with Gasteiger partial charge in [0, 0.05) is 13.1 Å². The summed E-state index contributed by atoms with van der Waals surface area (Å²) >= 11 is 0. The molecule has 1 aromatic rings. The summed E-state index contributed by atoms with van der Waals surface area (Å²) in [6, 6.07) is 4.82. The van der Waals surface area contributed by atoms with Crippen LogP contribution in [0.1, 0.15) is 18.5 Å². The number of sulfonamides is 1. The molecule has 0 bridgehead atoms. The van der Waals surface area contributed by atoms with Crippen LogP contribution in [0.4, 0.5) is 4.39 Å². The maximum absolute atomic E-state index is 12.7. The van der Waals surface area contributed by atoms with E-state index in [0.717, 1.165) is 4.31 Å². The Morgan fingerprint density at radius 1 is 1.39 bits per heavy atom. The third-order valence-electron chi connectivity index (χ3n) is 2.64. The number of carbonyl (C=O) groups is 1. The van der Waals surface area contributed by atoms with Gasteiger partial charge < -0.3 is 5.11 Å². The van der Waals surface area contributed by atoms with Crippen LogP contribution < -0.4 is 0 Å². The second kappa shape index (κ2) is 5.45. The molecule has 0 aliphatic heterocycles. The van der Waals surface area contributed by atoms with E-state index >= 15 is 0 Å². The Hall–Kier alpha value is -1.47. The Bertz CT molecular complexity index is 526. The molecule has 1 aromatic carbocycles. The molecule has 0 aliphatic carbocycles. The molecule has 100 valence electrons.